The summed E-state index contributed by atoms with van der Waals surface area (Å²) >= 11 is 0. The van der Waals surface area contributed by atoms with E-state index in [1.165, 1.54) is 0 Å². The molecule has 0 spiro atoms. The van der Waals surface area contributed by atoms with Crippen LogP contribution in [0.1, 0.15) is 47.0 Å². The number of carboxylic acids is 2. The highest BCUT2D eigenvalue weighted by atomic mass is 16.4. The van der Waals surface area contributed by atoms with Crippen molar-refractivity contribution in [2.75, 3.05) is 0 Å². The van der Waals surface area contributed by atoms with Crippen LogP contribution in [0.2, 0.25) is 0 Å². The van der Waals surface area contributed by atoms with E-state index in [9.17, 15) is 9.59 Å². The lowest BCUT2D eigenvalue weighted by Crippen LogP contribution is -2.17. The van der Waals surface area contributed by atoms with Crippen molar-refractivity contribution in [3.8, 4) is 0 Å². The topological polar surface area (TPSA) is 74.6 Å². The van der Waals surface area contributed by atoms with Crippen molar-refractivity contribution < 1.29 is 19.8 Å². The molecule has 4 heteroatoms. The quantitative estimate of drug-likeness (QED) is 0.709. The average molecular weight is 228 g/mol. The van der Waals surface area contributed by atoms with Gasteiger partial charge in [0.2, 0.25) is 0 Å². The van der Waals surface area contributed by atoms with Crippen molar-refractivity contribution in [2.45, 2.75) is 47.0 Å². The summed E-state index contributed by atoms with van der Waals surface area (Å²) in [5.74, 6) is -2.25. The molecule has 0 aliphatic carbocycles. The number of rotatable bonds is 5. The fourth-order valence-electron chi connectivity index (χ4n) is 1.48. The minimum absolute atomic E-state index is 0.0295. The minimum atomic E-state index is -1.12. The highest BCUT2D eigenvalue weighted by Gasteiger charge is 2.24. The molecule has 0 fully saturated rings. The van der Waals surface area contributed by atoms with Crippen molar-refractivity contribution >= 4 is 11.9 Å². The SMILES string of the molecule is CCCC(C(=O)O)=C(CC(C)(C)C)C(=O)O. The molecule has 0 heterocycles. The van der Waals surface area contributed by atoms with Gasteiger partial charge in [0.1, 0.15) is 0 Å². The molecule has 0 unspecified atom stereocenters. The molecule has 0 radical (unpaired) electrons. The fourth-order valence-corrected chi connectivity index (χ4v) is 1.48. The molecule has 0 aromatic rings. The average Bonchev–Trinajstić information content (AvgIpc) is 2.08. The number of hydrogen-bond acceptors (Lipinski definition) is 2. The van der Waals surface area contributed by atoms with E-state index in [4.69, 9.17) is 10.2 Å². The molecule has 4 nitrogen and oxygen atoms in total. The standard InChI is InChI=1S/C12H20O4/c1-5-6-8(10(13)14)9(11(15)16)7-12(2,3)4/h5-7H2,1-4H3,(H,13,14)(H,15,16). The third-order valence-electron chi connectivity index (χ3n) is 2.09. The van der Waals surface area contributed by atoms with Crippen molar-refractivity contribution in [2.24, 2.45) is 5.41 Å². The zero-order valence-corrected chi connectivity index (χ0v) is 10.3. The summed E-state index contributed by atoms with van der Waals surface area (Å²) < 4.78 is 0. The molecule has 0 rings (SSSR count). The van der Waals surface area contributed by atoms with Crippen LogP contribution in [-0.4, -0.2) is 22.2 Å². The molecule has 92 valence electrons. The molecule has 16 heavy (non-hydrogen) atoms. The second-order valence-corrected chi connectivity index (χ2v) is 5.05. The van der Waals surface area contributed by atoms with Crippen LogP contribution in [0.4, 0.5) is 0 Å². The lowest BCUT2D eigenvalue weighted by molar-refractivity contribution is -0.136. The van der Waals surface area contributed by atoms with Gasteiger partial charge in [-0.3, -0.25) is 0 Å². The second kappa shape index (κ2) is 5.68. The van der Waals surface area contributed by atoms with Crippen molar-refractivity contribution in [1.82, 2.24) is 0 Å². The highest BCUT2D eigenvalue weighted by Crippen LogP contribution is 2.27. The maximum atomic E-state index is 11.1. The summed E-state index contributed by atoms with van der Waals surface area (Å²) in [6, 6.07) is 0. The first-order valence-corrected chi connectivity index (χ1v) is 5.37. The summed E-state index contributed by atoms with van der Waals surface area (Å²) in [5.41, 5.74) is -0.172. The third kappa shape index (κ3) is 4.96. The van der Waals surface area contributed by atoms with Gasteiger partial charge in [-0.25, -0.2) is 9.59 Å². The second-order valence-electron chi connectivity index (χ2n) is 5.05. The Hall–Kier alpha value is -1.32. The number of carboxylic acid groups (broad SMARTS) is 2. The van der Waals surface area contributed by atoms with Gasteiger partial charge in [-0.05, 0) is 18.3 Å². The maximum absolute atomic E-state index is 11.1. The van der Waals surface area contributed by atoms with Crippen LogP contribution in [0, 0.1) is 5.41 Å². The van der Waals surface area contributed by atoms with E-state index in [0.717, 1.165) is 0 Å². The molecule has 0 aromatic carbocycles. The van der Waals surface area contributed by atoms with Gasteiger partial charge in [0.15, 0.2) is 0 Å². The predicted octanol–water partition coefficient (Wildman–Crippen LogP) is 2.69. The Morgan fingerprint density at radius 3 is 1.69 bits per heavy atom. The van der Waals surface area contributed by atoms with E-state index in [0.29, 0.717) is 12.8 Å². The minimum Gasteiger partial charge on any atom is -0.478 e. The first-order chi connectivity index (χ1) is 7.19. The van der Waals surface area contributed by atoms with Crippen molar-refractivity contribution in [3.05, 3.63) is 11.1 Å². The summed E-state index contributed by atoms with van der Waals surface area (Å²) in [6.07, 6.45) is 1.19. The van der Waals surface area contributed by atoms with Crippen LogP contribution in [0.15, 0.2) is 11.1 Å². The Morgan fingerprint density at radius 2 is 1.44 bits per heavy atom. The van der Waals surface area contributed by atoms with E-state index >= 15 is 0 Å². The normalized spacial score (nSPS) is 13.2. The molecule has 0 amide bonds. The Balaban J connectivity index is 5.32. The Bertz CT molecular complexity index is 307. The van der Waals surface area contributed by atoms with Crippen LogP contribution in [0.25, 0.3) is 0 Å². The summed E-state index contributed by atoms with van der Waals surface area (Å²) in [4.78, 5) is 22.1. The Kier molecular flexibility index (Phi) is 5.21. The van der Waals surface area contributed by atoms with Gasteiger partial charge >= 0.3 is 11.9 Å². The Labute approximate surface area is 96.0 Å². The van der Waals surface area contributed by atoms with E-state index in [1.54, 1.807) is 0 Å². The molecular weight excluding hydrogens is 208 g/mol. The summed E-state index contributed by atoms with van der Waals surface area (Å²) in [5, 5.41) is 18.1. The number of carbonyl (C=O) groups is 2. The van der Waals surface area contributed by atoms with Crippen LogP contribution in [-0.2, 0) is 9.59 Å². The van der Waals surface area contributed by atoms with Crippen molar-refractivity contribution in [1.29, 1.82) is 0 Å². The molecule has 2 N–H and O–H groups in total. The van der Waals surface area contributed by atoms with Gasteiger partial charge < -0.3 is 10.2 Å². The molecule has 0 aliphatic heterocycles. The van der Waals surface area contributed by atoms with Gasteiger partial charge in [-0.15, -0.1) is 0 Å². The van der Waals surface area contributed by atoms with Gasteiger partial charge in [-0.1, -0.05) is 34.1 Å². The molecule has 0 bridgehead atoms. The van der Waals surface area contributed by atoms with Gasteiger partial charge in [-0.2, -0.15) is 0 Å². The monoisotopic (exact) mass is 228 g/mol. The number of aliphatic carboxylic acids is 2. The van der Waals surface area contributed by atoms with E-state index in [-0.39, 0.29) is 23.0 Å². The molecule has 0 saturated carbocycles. The first-order valence-electron chi connectivity index (χ1n) is 5.37. The van der Waals surface area contributed by atoms with Gasteiger partial charge in [0.05, 0.1) is 0 Å². The number of hydrogen-bond donors (Lipinski definition) is 2. The zero-order chi connectivity index (χ0) is 12.9. The van der Waals surface area contributed by atoms with Crippen molar-refractivity contribution in [3.63, 3.8) is 0 Å². The van der Waals surface area contributed by atoms with Gasteiger partial charge in [0, 0.05) is 11.1 Å². The molecular formula is C12H20O4. The summed E-state index contributed by atoms with van der Waals surface area (Å²) in [7, 11) is 0. The molecule has 0 aromatic heterocycles. The lowest BCUT2D eigenvalue weighted by Gasteiger charge is -2.19. The lowest BCUT2D eigenvalue weighted by atomic mass is 9.85. The largest absolute Gasteiger partial charge is 0.478 e. The van der Waals surface area contributed by atoms with Gasteiger partial charge in [0.25, 0.3) is 0 Å². The smallest absolute Gasteiger partial charge is 0.332 e. The van der Waals surface area contributed by atoms with Crippen LogP contribution >= 0.6 is 0 Å². The first kappa shape index (κ1) is 14.7. The van der Waals surface area contributed by atoms with Crippen LogP contribution < -0.4 is 0 Å². The molecule has 0 aliphatic rings. The van der Waals surface area contributed by atoms with E-state index in [2.05, 4.69) is 0 Å². The third-order valence-corrected chi connectivity index (χ3v) is 2.09. The predicted molar refractivity (Wildman–Crippen MR) is 61.3 cm³/mol. The Morgan fingerprint density at radius 1 is 1.00 bits per heavy atom. The fraction of sp³-hybridized carbons (Fsp3) is 0.667. The highest BCUT2D eigenvalue weighted by molar-refractivity contribution is 5.98. The zero-order valence-electron chi connectivity index (χ0n) is 10.3. The van der Waals surface area contributed by atoms with Crippen LogP contribution in [0.3, 0.4) is 0 Å². The molecule has 0 atom stereocenters. The molecule has 0 saturated heterocycles. The van der Waals surface area contributed by atoms with Crippen LogP contribution in [0.5, 0.6) is 0 Å². The summed E-state index contributed by atoms with van der Waals surface area (Å²) in [6.45, 7) is 7.50. The van der Waals surface area contributed by atoms with E-state index < -0.39 is 11.9 Å². The maximum Gasteiger partial charge on any atom is 0.332 e. The van der Waals surface area contributed by atoms with E-state index in [1.807, 2.05) is 27.7 Å².